The number of thioether (sulfide) groups is 1. The first kappa shape index (κ1) is 6.91. The molecule has 0 fully saturated rings. The van der Waals surface area contributed by atoms with Gasteiger partial charge in [0.1, 0.15) is 10.7 Å². The van der Waals surface area contributed by atoms with E-state index in [2.05, 4.69) is 9.98 Å². The summed E-state index contributed by atoms with van der Waals surface area (Å²) in [6, 6.07) is 0. The Balaban J connectivity index is 2.28. The van der Waals surface area contributed by atoms with Gasteiger partial charge in [0, 0.05) is 25.5 Å². The quantitative estimate of drug-likeness (QED) is 0.622. The molecule has 1 aromatic heterocycles. The monoisotopic (exact) mass is 167 g/mol. The van der Waals surface area contributed by atoms with E-state index in [1.54, 1.807) is 18.1 Å². The Kier molecular flexibility index (Phi) is 1.69. The molecule has 0 atom stereocenters. The van der Waals surface area contributed by atoms with Crippen LogP contribution in [0.2, 0.25) is 0 Å². The summed E-state index contributed by atoms with van der Waals surface area (Å²) in [6.07, 6.45) is 3.80. The number of aryl methyl sites for hydroxylation is 1. The van der Waals surface area contributed by atoms with E-state index in [9.17, 15) is 0 Å². The molecule has 4 heteroatoms. The van der Waals surface area contributed by atoms with Gasteiger partial charge in [-0.1, -0.05) is 0 Å². The summed E-state index contributed by atoms with van der Waals surface area (Å²) in [4.78, 5) is 8.53. The van der Waals surface area contributed by atoms with Crippen LogP contribution in [0.3, 0.4) is 0 Å². The topological polar surface area (TPSA) is 30.2 Å². The molecular formula is C7H9N3S. The number of imidazole rings is 1. The summed E-state index contributed by atoms with van der Waals surface area (Å²) in [6.45, 7) is 0.941. The molecule has 11 heavy (non-hydrogen) atoms. The van der Waals surface area contributed by atoms with E-state index in [1.807, 2.05) is 17.8 Å². The van der Waals surface area contributed by atoms with Crippen molar-refractivity contribution in [1.82, 2.24) is 9.55 Å². The summed E-state index contributed by atoms with van der Waals surface area (Å²) in [7, 11) is 1.97. The van der Waals surface area contributed by atoms with Crippen LogP contribution in [0.1, 0.15) is 5.69 Å². The lowest BCUT2D eigenvalue weighted by atomic mass is 10.5. The molecule has 58 valence electrons. The first-order chi connectivity index (χ1) is 5.36. The maximum atomic E-state index is 4.32. The van der Waals surface area contributed by atoms with Gasteiger partial charge in [0.05, 0.1) is 6.33 Å². The highest BCUT2D eigenvalue weighted by atomic mass is 32.2. The van der Waals surface area contributed by atoms with Crippen molar-refractivity contribution in [2.75, 3.05) is 12.3 Å². The van der Waals surface area contributed by atoms with Crippen LogP contribution in [0.4, 0.5) is 0 Å². The van der Waals surface area contributed by atoms with E-state index in [1.165, 1.54) is 0 Å². The minimum absolute atomic E-state index is 0.941. The zero-order valence-corrected chi connectivity index (χ0v) is 7.14. The molecule has 0 aromatic carbocycles. The molecule has 0 saturated carbocycles. The largest absolute Gasteiger partial charge is 0.340 e. The number of aromatic nitrogens is 2. The van der Waals surface area contributed by atoms with Gasteiger partial charge in [-0.15, -0.1) is 11.8 Å². The van der Waals surface area contributed by atoms with Crippen molar-refractivity contribution in [1.29, 1.82) is 0 Å². The maximum absolute atomic E-state index is 4.32. The van der Waals surface area contributed by atoms with Crippen molar-refractivity contribution in [3.05, 3.63) is 18.2 Å². The van der Waals surface area contributed by atoms with Gasteiger partial charge in [0.25, 0.3) is 0 Å². The third-order valence-electron chi connectivity index (χ3n) is 1.51. The Morgan fingerprint density at radius 2 is 2.55 bits per heavy atom. The molecule has 0 unspecified atom stereocenters. The Morgan fingerprint density at radius 3 is 3.09 bits per heavy atom. The molecule has 1 aromatic rings. The maximum Gasteiger partial charge on any atom is 0.118 e. The van der Waals surface area contributed by atoms with Crippen LogP contribution in [-0.4, -0.2) is 26.9 Å². The zero-order chi connectivity index (χ0) is 7.68. The van der Waals surface area contributed by atoms with Crippen LogP contribution in [0.5, 0.6) is 0 Å². The summed E-state index contributed by atoms with van der Waals surface area (Å²) < 4.78 is 1.94. The predicted octanol–water partition coefficient (Wildman–Crippen LogP) is 0.913. The highest BCUT2D eigenvalue weighted by Gasteiger charge is 2.10. The number of hydrogen-bond acceptors (Lipinski definition) is 3. The highest BCUT2D eigenvalue weighted by molar-refractivity contribution is 8.14. The molecule has 0 amide bonds. The standard InChI is InChI=1S/C7H9N3S/c1-10-4-6(9-5-10)7-8-2-3-11-7/h4-5H,2-3H2,1H3. The van der Waals surface area contributed by atoms with Crippen LogP contribution < -0.4 is 0 Å². The zero-order valence-electron chi connectivity index (χ0n) is 6.32. The molecule has 2 rings (SSSR count). The van der Waals surface area contributed by atoms with Gasteiger partial charge in [-0.05, 0) is 0 Å². The third kappa shape index (κ3) is 1.30. The fourth-order valence-corrected chi connectivity index (χ4v) is 1.83. The SMILES string of the molecule is Cn1cnc(C2=NCCS2)c1. The first-order valence-electron chi connectivity index (χ1n) is 3.52. The van der Waals surface area contributed by atoms with Gasteiger partial charge in [-0.2, -0.15) is 0 Å². The molecule has 0 aliphatic carbocycles. The second-order valence-electron chi connectivity index (χ2n) is 2.46. The fourth-order valence-electron chi connectivity index (χ4n) is 1.01. The van der Waals surface area contributed by atoms with E-state index >= 15 is 0 Å². The minimum atomic E-state index is 0.941. The van der Waals surface area contributed by atoms with Crippen LogP contribution in [-0.2, 0) is 7.05 Å². The first-order valence-corrected chi connectivity index (χ1v) is 4.50. The Hall–Kier alpha value is -0.770. The minimum Gasteiger partial charge on any atom is -0.340 e. The molecule has 0 radical (unpaired) electrons. The Morgan fingerprint density at radius 1 is 1.64 bits per heavy atom. The predicted molar refractivity (Wildman–Crippen MR) is 47.1 cm³/mol. The number of aliphatic imine (C=N–C) groups is 1. The van der Waals surface area contributed by atoms with Crippen LogP contribution in [0.25, 0.3) is 0 Å². The molecule has 0 spiro atoms. The molecule has 0 saturated heterocycles. The van der Waals surface area contributed by atoms with E-state index in [0.717, 1.165) is 23.0 Å². The van der Waals surface area contributed by atoms with Gasteiger partial charge >= 0.3 is 0 Å². The van der Waals surface area contributed by atoms with Gasteiger partial charge in [0.2, 0.25) is 0 Å². The van der Waals surface area contributed by atoms with Crippen molar-refractivity contribution in [3.63, 3.8) is 0 Å². The molecule has 1 aliphatic rings. The molecular weight excluding hydrogens is 158 g/mol. The van der Waals surface area contributed by atoms with Crippen LogP contribution >= 0.6 is 11.8 Å². The fraction of sp³-hybridized carbons (Fsp3) is 0.429. The molecule has 2 heterocycles. The summed E-state index contributed by atoms with van der Waals surface area (Å²) in [5.41, 5.74) is 1.01. The number of nitrogens with zero attached hydrogens (tertiary/aromatic N) is 3. The second-order valence-corrected chi connectivity index (χ2v) is 3.54. The lowest BCUT2D eigenvalue weighted by Gasteiger charge is -1.90. The summed E-state index contributed by atoms with van der Waals surface area (Å²) >= 11 is 1.78. The summed E-state index contributed by atoms with van der Waals surface area (Å²) in [5.74, 6) is 1.10. The van der Waals surface area contributed by atoms with Crippen molar-refractivity contribution >= 4 is 16.8 Å². The molecule has 0 bridgehead atoms. The average Bonchev–Trinajstić information content (AvgIpc) is 2.55. The van der Waals surface area contributed by atoms with Gasteiger partial charge in [-0.3, -0.25) is 4.99 Å². The van der Waals surface area contributed by atoms with Crippen molar-refractivity contribution in [3.8, 4) is 0 Å². The third-order valence-corrected chi connectivity index (χ3v) is 2.51. The van der Waals surface area contributed by atoms with Crippen LogP contribution in [0, 0.1) is 0 Å². The number of rotatable bonds is 1. The van der Waals surface area contributed by atoms with Crippen LogP contribution in [0.15, 0.2) is 17.5 Å². The lowest BCUT2D eigenvalue weighted by molar-refractivity contribution is 0.913. The van der Waals surface area contributed by atoms with Gasteiger partial charge in [-0.25, -0.2) is 4.98 Å². The van der Waals surface area contributed by atoms with Gasteiger partial charge in [0.15, 0.2) is 0 Å². The van der Waals surface area contributed by atoms with Gasteiger partial charge < -0.3 is 4.57 Å². The lowest BCUT2D eigenvalue weighted by Crippen LogP contribution is -1.90. The van der Waals surface area contributed by atoms with E-state index < -0.39 is 0 Å². The van der Waals surface area contributed by atoms with Crippen molar-refractivity contribution < 1.29 is 0 Å². The molecule has 0 N–H and O–H groups in total. The van der Waals surface area contributed by atoms with Crippen molar-refractivity contribution in [2.45, 2.75) is 0 Å². The normalized spacial score (nSPS) is 17.0. The number of hydrogen-bond donors (Lipinski definition) is 0. The van der Waals surface area contributed by atoms with E-state index in [0.29, 0.717) is 0 Å². The molecule has 1 aliphatic heterocycles. The summed E-state index contributed by atoms with van der Waals surface area (Å²) in [5, 5.41) is 1.09. The van der Waals surface area contributed by atoms with E-state index in [4.69, 9.17) is 0 Å². The second kappa shape index (κ2) is 2.70. The smallest absolute Gasteiger partial charge is 0.118 e. The van der Waals surface area contributed by atoms with Crippen molar-refractivity contribution in [2.24, 2.45) is 12.0 Å². The molecule has 3 nitrogen and oxygen atoms in total. The Bertz CT molecular complexity index is 290. The highest BCUT2D eigenvalue weighted by Crippen LogP contribution is 2.16. The average molecular weight is 167 g/mol. The Labute approximate surface area is 69.5 Å². The van der Waals surface area contributed by atoms with E-state index in [-0.39, 0.29) is 0 Å².